The van der Waals surface area contributed by atoms with Gasteiger partial charge in [-0.1, -0.05) is 17.4 Å². The molecule has 5 nitrogen and oxygen atoms in total. The van der Waals surface area contributed by atoms with E-state index in [1.54, 1.807) is 29.8 Å². The summed E-state index contributed by atoms with van der Waals surface area (Å²) in [6.07, 6.45) is 3.46. The van der Waals surface area contributed by atoms with Gasteiger partial charge in [-0.25, -0.2) is 4.98 Å². The lowest BCUT2D eigenvalue weighted by molar-refractivity contribution is 0.0951. The summed E-state index contributed by atoms with van der Waals surface area (Å²) >= 11 is 1.56. The zero-order valence-electron chi connectivity index (χ0n) is 12.2. The minimum atomic E-state index is -0.0934. The van der Waals surface area contributed by atoms with E-state index in [0.717, 1.165) is 27.5 Å². The third-order valence-electron chi connectivity index (χ3n) is 3.15. The van der Waals surface area contributed by atoms with Crippen molar-refractivity contribution in [2.75, 3.05) is 11.9 Å². The molecule has 0 aliphatic carbocycles. The van der Waals surface area contributed by atoms with Crippen molar-refractivity contribution in [2.24, 2.45) is 0 Å². The van der Waals surface area contributed by atoms with Gasteiger partial charge in [-0.3, -0.25) is 9.78 Å². The number of thiazole rings is 1. The molecule has 1 aromatic carbocycles. The van der Waals surface area contributed by atoms with Crippen molar-refractivity contribution < 1.29 is 4.79 Å². The molecule has 2 aromatic heterocycles. The molecule has 0 bridgehead atoms. The SMILES string of the molecule is CCNc1nc2ccc(C(=O)NCc3cccnc3)cc2s1. The standard InChI is InChI=1S/C16H16N4OS/c1-2-18-16-20-13-6-5-12(8-14(13)22-16)15(21)19-10-11-4-3-7-17-9-11/h3-9H,2,10H2,1H3,(H,18,20)(H,19,21). The van der Waals surface area contributed by atoms with Gasteiger partial charge >= 0.3 is 0 Å². The zero-order chi connectivity index (χ0) is 15.4. The van der Waals surface area contributed by atoms with Gasteiger partial charge in [-0.2, -0.15) is 0 Å². The van der Waals surface area contributed by atoms with E-state index in [9.17, 15) is 4.79 Å². The first-order chi connectivity index (χ1) is 10.8. The highest BCUT2D eigenvalue weighted by Crippen LogP contribution is 2.26. The van der Waals surface area contributed by atoms with E-state index in [2.05, 4.69) is 20.6 Å². The normalized spacial score (nSPS) is 10.6. The number of carbonyl (C=O) groups excluding carboxylic acids is 1. The second-order valence-electron chi connectivity index (χ2n) is 4.78. The molecular weight excluding hydrogens is 296 g/mol. The summed E-state index contributed by atoms with van der Waals surface area (Å²) < 4.78 is 1.00. The summed E-state index contributed by atoms with van der Waals surface area (Å²) in [5.74, 6) is -0.0934. The lowest BCUT2D eigenvalue weighted by Crippen LogP contribution is -2.22. The highest BCUT2D eigenvalue weighted by Gasteiger charge is 2.09. The number of aromatic nitrogens is 2. The zero-order valence-corrected chi connectivity index (χ0v) is 13.0. The molecule has 0 spiro atoms. The molecule has 3 rings (SSSR count). The van der Waals surface area contributed by atoms with Crippen LogP contribution in [0.4, 0.5) is 5.13 Å². The van der Waals surface area contributed by atoms with E-state index in [1.165, 1.54) is 0 Å². The molecule has 0 atom stereocenters. The Labute approximate surface area is 132 Å². The predicted molar refractivity (Wildman–Crippen MR) is 89.2 cm³/mol. The van der Waals surface area contributed by atoms with Crippen LogP contribution in [-0.4, -0.2) is 22.4 Å². The molecule has 6 heteroatoms. The molecule has 112 valence electrons. The monoisotopic (exact) mass is 312 g/mol. The first-order valence-corrected chi connectivity index (χ1v) is 7.89. The molecule has 0 saturated heterocycles. The number of hydrogen-bond donors (Lipinski definition) is 2. The molecule has 0 aliphatic rings. The van der Waals surface area contributed by atoms with Gasteiger partial charge in [0.25, 0.3) is 5.91 Å². The molecule has 2 heterocycles. The van der Waals surface area contributed by atoms with Crippen molar-refractivity contribution in [2.45, 2.75) is 13.5 Å². The highest BCUT2D eigenvalue weighted by molar-refractivity contribution is 7.22. The van der Waals surface area contributed by atoms with E-state index in [4.69, 9.17) is 0 Å². The van der Waals surface area contributed by atoms with Crippen molar-refractivity contribution in [3.05, 3.63) is 53.9 Å². The fourth-order valence-corrected chi connectivity index (χ4v) is 3.05. The van der Waals surface area contributed by atoms with Crippen LogP contribution < -0.4 is 10.6 Å². The molecule has 0 aliphatic heterocycles. The van der Waals surface area contributed by atoms with E-state index in [-0.39, 0.29) is 5.91 Å². The average Bonchev–Trinajstić information content (AvgIpc) is 2.95. The highest BCUT2D eigenvalue weighted by atomic mass is 32.1. The summed E-state index contributed by atoms with van der Waals surface area (Å²) in [4.78, 5) is 20.7. The second-order valence-corrected chi connectivity index (χ2v) is 5.81. The molecule has 0 saturated carbocycles. The maximum absolute atomic E-state index is 12.2. The summed E-state index contributed by atoms with van der Waals surface area (Å²) in [6.45, 7) is 3.33. The molecule has 2 N–H and O–H groups in total. The lowest BCUT2D eigenvalue weighted by atomic mass is 10.2. The van der Waals surface area contributed by atoms with E-state index in [0.29, 0.717) is 12.1 Å². The van der Waals surface area contributed by atoms with Crippen LogP contribution in [0, 0.1) is 0 Å². The molecule has 0 unspecified atom stereocenters. The van der Waals surface area contributed by atoms with Gasteiger partial charge in [0.2, 0.25) is 0 Å². The summed E-state index contributed by atoms with van der Waals surface area (Å²) in [6, 6.07) is 9.35. The molecular formula is C16H16N4OS. The topological polar surface area (TPSA) is 66.9 Å². The molecule has 0 fully saturated rings. The minimum absolute atomic E-state index is 0.0934. The average molecular weight is 312 g/mol. The van der Waals surface area contributed by atoms with Crippen LogP contribution in [0.1, 0.15) is 22.8 Å². The van der Waals surface area contributed by atoms with E-state index < -0.39 is 0 Å². The second kappa shape index (κ2) is 6.53. The number of amides is 1. The number of nitrogens with zero attached hydrogens (tertiary/aromatic N) is 2. The number of carbonyl (C=O) groups is 1. The van der Waals surface area contributed by atoms with Crippen LogP contribution in [0.5, 0.6) is 0 Å². The Morgan fingerprint density at radius 2 is 2.23 bits per heavy atom. The molecule has 22 heavy (non-hydrogen) atoms. The van der Waals surface area contributed by atoms with Crippen molar-refractivity contribution in [3.8, 4) is 0 Å². The van der Waals surface area contributed by atoms with Gasteiger partial charge in [0.15, 0.2) is 5.13 Å². The molecule has 0 radical (unpaired) electrons. The van der Waals surface area contributed by atoms with Gasteiger partial charge < -0.3 is 10.6 Å². The summed E-state index contributed by atoms with van der Waals surface area (Å²) in [5, 5.41) is 6.97. The van der Waals surface area contributed by atoms with Crippen molar-refractivity contribution in [1.29, 1.82) is 0 Å². The number of nitrogens with one attached hydrogen (secondary N) is 2. The van der Waals surface area contributed by atoms with Crippen LogP contribution >= 0.6 is 11.3 Å². The van der Waals surface area contributed by atoms with Crippen LogP contribution in [0.15, 0.2) is 42.7 Å². The Balaban J connectivity index is 1.73. The van der Waals surface area contributed by atoms with Gasteiger partial charge in [-0.05, 0) is 36.8 Å². The maximum atomic E-state index is 12.2. The number of fused-ring (bicyclic) bond motifs is 1. The van der Waals surface area contributed by atoms with E-state index in [1.807, 2.05) is 31.2 Å². The van der Waals surface area contributed by atoms with Crippen molar-refractivity contribution >= 4 is 32.6 Å². The Morgan fingerprint density at radius 1 is 1.32 bits per heavy atom. The van der Waals surface area contributed by atoms with E-state index >= 15 is 0 Å². The fourth-order valence-electron chi connectivity index (χ4n) is 2.08. The van der Waals surface area contributed by atoms with Crippen molar-refractivity contribution in [1.82, 2.24) is 15.3 Å². The Morgan fingerprint density at radius 3 is 3.00 bits per heavy atom. The van der Waals surface area contributed by atoms with Crippen LogP contribution in [0.2, 0.25) is 0 Å². The number of hydrogen-bond acceptors (Lipinski definition) is 5. The Hall–Kier alpha value is -2.47. The summed E-state index contributed by atoms with van der Waals surface area (Å²) in [7, 11) is 0. The summed E-state index contributed by atoms with van der Waals surface area (Å²) in [5.41, 5.74) is 2.52. The fraction of sp³-hybridized carbons (Fsp3) is 0.188. The number of pyridine rings is 1. The largest absolute Gasteiger partial charge is 0.362 e. The van der Waals surface area contributed by atoms with Gasteiger partial charge in [-0.15, -0.1) is 0 Å². The Kier molecular flexibility index (Phi) is 4.29. The van der Waals surface area contributed by atoms with Gasteiger partial charge in [0, 0.05) is 31.0 Å². The first-order valence-electron chi connectivity index (χ1n) is 7.08. The van der Waals surface area contributed by atoms with Crippen molar-refractivity contribution in [3.63, 3.8) is 0 Å². The first kappa shape index (κ1) is 14.5. The lowest BCUT2D eigenvalue weighted by Gasteiger charge is -2.04. The molecule has 3 aromatic rings. The Bertz CT molecular complexity index is 785. The van der Waals surface area contributed by atoms with Crippen LogP contribution in [0.25, 0.3) is 10.2 Å². The molecule has 1 amide bonds. The third kappa shape index (κ3) is 3.23. The predicted octanol–water partition coefficient (Wildman–Crippen LogP) is 3.05. The van der Waals surface area contributed by atoms with Gasteiger partial charge in [0.1, 0.15) is 0 Å². The smallest absolute Gasteiger partial charge is 0.251 e. The van der Waals surface area contributed by atoms with Gasteiger partial charge in [0.05, 0.1) is 10.2 Å². The number of benzene rings is 1. The number of anilines is 1. The maximum Gasteiger partial charge on any atom is 0.251 e. The number of rotatable bonds is 5. The minimum Gasteiger partial charge on any atom is -0.362 e. The van der Waals surface area contributed by atoms with Crippen LogP contribution in [-0.2, 0) is 6.54 Å². The quantitative estimate of drug-likeness (QED) is 0.760. The van der Waals surface area contributed by atoms with Crippen LogP contribution in [0.3, 0.4) is 0 Å². The third-order valence-corrected chi connectivity index (χ3v) is 4.13.